The van der Waals surface area contributed by atoms with Crippen molar-refractivity contribution in [2.24, 2.45) is 0 Å². The highest BCUT2D eigenvalue weighted by Gasteiger charge is 2.46. The molecule has 2 heterocycles. The molecule has 9 nitrogen and oxygen atoms in total. The van der Waals surface area contributed by atoms with Crippen molar-refractivity contribution in [1.82, 2.24) is 14.1 Å². The largest absolute Gasteiger partial charge is 0.507 e. The van der Waals surface area contributed by atoms with E-state index in [2.05, 4.69) is 20.8 Å². The highest BCUT2D eigenvalue weighted by atomic mass is 79.9. The molecular formula is C25H28BrN3O6S. The van der Waals surface area contributed by atoms with Crippen LogP contribution in [-0.2, 0) is 24.3 Å². The Kier molecular flexibility index (Phi) is 7.96. The van der Waals surface area contributed by atoms with E-state index in [-0.39, 0.29) is 21.8 Å². The SMILES string of the molecule is CN(C)S(=O)(=O)c1ccc(C(O)=C2C(=O)C(=O)N(CCN3CCOCC3)[C@@H]2c2cccc(Br)c2)cc1. The van der Waals surface area contributed by atoms with E-state index >= 15 is 0 Å². The minimum Gasteiger partial charge on any atom is -0.507 e. The first-order valence-corrected chi connectivity index (χ1v) is 13.7. The van der Waals surface area contributed by atoms with Crippen molar-refractivity contribution in [2.75, 3.05) is 53.5 Å². The predicted molar refractivity (Wildman–Crippen MR) is 138 cm³/mol. The number of carbonyl (C=O) groups excluding carboxylic acids is 2. The number of halogens is 1. The minimum atomic E-state index is -3.66. The van der Waals surface area contributed by atoms with Crippen molar-refractivity contribution < 1.29 is 27.9 Å². The van der Waals surface area contributed by atoms with Gasteiger partial charge in [-0.05, 0) is 42.0 Å². The zero-order chi connectivity index (χ0) is 26.0. The molecule has 0 unspecified atom stereocenters. The summed E-state index contributed by atoms with van der Waals surface area (Å²) in [5.74, 6) is -1.80. The van der Waals surface area contributed by atoms with E-state index in [1.165, 1.54) is 43.3 Å². The van der Waals surface area contributed by atoms with Crippen molar-refractivity contribution in [1.29, 1.82) is 0 Å². The lowest BCUT2D eigenvalue weighted by Crippen LogP contribution is -2.42. The van der Waals surface area contributed by atoms with E-state index in [4.69, 9.17) is 4.74 Å². The van der Waals surface area contributed by atoms with Crippen molar-refractivity contribution in [3.63, 3.8) is 0 Å². The van der Waals surface area contributed by atoms with Crippen LogP contribution in [0.3, 0.4) is 0 Å². The summed E-state index contributed by atoms with van der Waals surface area (Å²) in [6, 6.07) is 12.1. The van der Waals surface area contributed by atoms with E-state index in [0.717, 1.165) is 21.9 Å². The van der Waals surface area contributed by atoms with E-state index in [0.29, 0.717) is 31.9 Å². The molecule has 1 atom stereocenters. The molecule has 2 saturated heterocycles. The Morgan fingerprint density at radius 2 is 1.75 bits per heavy atom. The van der Waals surface area contributed by atoms with Crippen molar-refractivity contribution in [2.45, 2.75) is 10.9 Å². The lowest BCUT2D eigenvalue weighted by Gasteiger charge is -2.31. The Hall–Kier alpha value is -2.57. The summed E-state index contributed by atoms with van der Waals surface area (Å²) < 4.78 is 32.1. The zero-order valence-electron chi connectivity index (χ0n) is 20.1. The monoisotopic (exact) mass is 577 g/mol. The third-order valence-corrected chi connectivity index (χ3v) is 8.69. The molecule has 0 aromatic heterocycles. The van der Waals surface area contributed by atoms with Crippen LogP contribution >= 0.6 is 15.9 Å². The van der Waals surface area contributed by atoms with E-state index in [1.54, 1.807) is 0 Å². The number of nitrogens with zero attached hydrogens (tertiary/aromatic N) is 3. The summed E-state index contributed by atoms with van der Waals surface area (Å²) in [6.07, 6.45) is 0. The van der Waals surface area contributed by atoms with Gasteiger partial charge in [-0.2, -0.15) is 0 Å². The highest BCUT2D eigenvalue weighted by molar-refractivity contribution is 9.10. The van der Waals surface area contributed by atoms with Crippen molar-refractivity contribution in [3.05, 3.63) is 69.7 Å². The number of likely N-dealkylation sites (tertiary alicyclic amines) is 1. The lowest BCUT2D eigenvalue weighted by atomic mass is 9.95. The number of morpholine rings is 1. The molecule has 1 N–H and O–H groups in total. The summed E-state index contributed by atoms with van der Waals surface area (Å²) in [5.41, 5.74) is 0.904. The fourth-order valence-electron chi connectivity index (χ4n) is 4.36. The van der Waals surface area contributed by atoms with Gasteiger partial charge < -0.3 is 14.7 Å². The number of rotatable bonds is 7. The number of hydrogen-bond donors (Lipinski definition) is 1. The fraction of sp³-hybridized carbons (Fsp3) is 0.360. The van der Waals surface area contributed by atoms with Crippen LogP contribution in [0.5, 0.6) is 0 Å². The summed E-state index contributed by atoms with van der Waals surface area (Å²) in [4.78, 5) is 30.1. The molecule has 2 aliphatic heterocycles. The molecule has 0 radical (unpaired) electrons. The molecule has 0 bridgehead atoms. The number of carbonyl (C=O) groups is 2. The van der Waals surface area contributed by atoms with Crippen LogP contribution in [0.4, 0.5) is 0 Å². The molecule has 11 heteroatoms. The number of sulfonamides is 1. The predicted octanol–water partition coefficient (Wildman–Crippen LogP) is 2.45. The second-order valence-electron chi connectivity index (χ2n) is 8.81. The topological polar surface area (TPSA) is 107 Å². The standard InChI is InChI=1S/C25H28BrN3O6S/c1-27(2)36(33,34)20-8-6-17(7-9-20)23(30)21-22(18-4-3-5-19(26)16-18)29(25(32)24(21)31)11-10-28-12-14-35-15-13-28/h3-9,16,22,30H,10-15H2,1-2H3/t22-/m1/s1. The van der Waals surface area contributed by atoms with Crippen LogP contribution in [0.25, 0.3) is 5.76 Å². The van der Waals surface area contributed by atoms with Crippen LogP contribution in [0, 0.1) is 0 Å². The number of benzene rings is 2. The highest BCUT2D eigenvalue weighted by Crippen LogP contribution is 2.40. The summed E-state index contributed by atoms with van der Waals surface area (Å²) in [5, 5.41) is 11.2. The summed E-state index contributed by atoms with van der Waals surface area (Å²) >= 11 is 3.45. The average molecular weight is 578 g/mol. The molecule has 4 rings (SSSR count). The Labute approximate surface area is 219 Å². The molecule has 2 fully saturated rings. The van der Waals surface area contributed by atoms with Crippen molar-refractivity contribution in [3.8, 4) is 0 Å². The van der Waals surface area contributed by atoms with Crippen LogP contribution in [0.2, 0.25) is 0 Å². The quantitative estimate of drug-likeness (QED) is 0.306. The lowest BCUT2D eigenvalue weighted by molar-refractivity contribution is -0.140. The van der Waals surface area contributed by atoms with Gasteiger partial charge in [-0.15, -0.1) is 0 Å². The number of ketones is 1. The number of Topliss-reactive ketones (excluding diaryl/α,β-unsaturated/α-hetero) is 1. The maximum absolute atomic E-state index is 13.2. The molecule has 2 aliphatic rings. The van der Waals surface area contributed by atoms with Gasteiger partial charge in [0, 0.05) is 50.3 Å². The van der Waals surface area contributed by atoms with Gasteiger partial charge in [-0.1, -0.05) is 28.1 Å². The molecule has 192 valence electrons. The second-order valence-corrected chi connectivity index (χ2v) is 11.9. The average Bonchev–Trinajstić information content (AvgIpc) is 3.12. The van der Waals surface area contributed by atoms with Gasteiger partial charge in [0.15, 0.2) is 0 Å². The van der Waals surface area contributed by atoms with Gasteiger partial charge in [0.2, 0.25) is 10.0 Å². The zero-order valence-corrected chi connectivity index (χ0v) is 22.5. The normalized spacial score (nSPS) is 20.9. The van der Waals surface area contributed by atoms with Crippen LogP contribution in [-0.4, -0.2) is 92.8 Å². The van der Waals surface area contributed by atoms with Crippen LogP contribution < -0.4 is 0 Å². The van der Waals surface area contributed by atoms with Gasteiger partial charge >= 0.3 is 0 Å². The summed E-state index contributed by atoms with van der Waals surface area (Å²) in [7, 11) is -0.795. The summed E-state index contributed by atoms with van der Waals surface area (Å²) in [6.45, 7) is 3.60. The molecule has 0 aliphatic carbocycles. The maximum atomic E-state index is 13.2. The minimum absolute atomic E-state index is 0.0247. The molecule has 0 spiro atoms. The third kappa shape index (κ3) is 5.25. The molecule has 0 saturated carbocycles. The number of ether oxygens (including phenoxy) is 1. The maximum Gasteiger partial charge on any atom is 0.295 e. The van der Waals surface area contributed by atoms with E-state index in [9.17, 15) is 23.1 Å². The third-order valence-electron chi connectivity index (χ3n) is 6.37. The first-order valence-electron chi connectivity index (χ1n) is 11.5. The number of hydrogen-bond acceptors (Lipinski definition) is 7. The fourth-order valence-corrected chi connectivity index (χ4v) is 5.68. The van der Waals surface area contributed by atoms with Crippen LogP contribution in [0.15, 0.2) is 63.5 Å². The van der Waals surface area contributed by atoms with Crippen molar-refractivity contribution >= 4 is 43.4 Å². The number of aliphatic hydroxyl groups excluding tert-OH is 1. The number of aliphatic hydroxyl groups is 1. The number of amides is 1. The first kappa shape index (κ1) is 26.5. The Bertz CT molecular complexity index is 1290. The molecule has 2 aromatic carbocycles. The van der Waals surface area contributed by atoms with E-state index in [1.807, 2.05) is 24.3 Å². The van der Waals surface area contributed by atoms with Crippen LogP contribution in [0.1, 0.15) is 17.2 Å². The Balaban J connectivity index is 1.73. The molecule has 2 aromatic rings. The van der Waals surface area contributed by atoms with Gasteiger partial charge in [0.1, 0.15) is 5.76 Å². The second kappa shape index (κ2) is 10.8. The van der Waals surface area contributed by atoms with Gasteiger partial charge in [0.25, 0.3) is 11.7 Å². The van der Waals surface area contributed by atoms with Gasteiger partial charge in [-0.3, -0.25) is 14.5 Å². The smallest absolute Gasteiger partial charge is 0.295 e. The van der Waals surface area contributed by atoms with Gasteiger partial charge in [-0.25, -0.2) is 12.7 Å². The Morgan fingerprint density at radius 1 is 1.08 bits per heavy atom. The molecular weight excluding hydrogens is 550 g/mol. The van der Waals surface area contributed by atoms with Gasteiger partial charge in [0.05, 0.1) is 29.7 Å². The molecule has 36 heavy (non-hydrogen) atoms. The Morgan fingerprint density at radius 3 is 2.36 bits per heavy atom. The first-order chi connectivity index (χ1) is 17.1. The van der Waals surface area contributed by atoms with E-state index < -0.39 is 27.8 Å². The molecule has 1 amide bonds.